The van der Waals surface area contributed by atoms with Crippen LogP contribution >= 0.6 is 15.9 Å². The minimum Gasteiger partial charge on any atom is -0.489 e. The molecule has 0 aliphatic heterocycles. The van der Waals surface area contributed by atoms with Gasteiger partial charge in [-0.25, -0.2) is 13.2 Å². The maximum atomic E-state index is 13.7. The Hall–Kier alpha value is -1.53. The number of hydrogen-bond acceptors (Lipinski definition) is 2. The van der Waals surface area contributed by atoms with Crippen molar-refractivity contribution in [2.75, 3.05) is 0 Å². The van der Waals surface area contributed by atoms with Gasteiger partial charge in [-0.1, -0.05) is 0 Å². The van der Waals surface area contributed by atoms with Gasteiger partial charge in [0.15, 0.2) is 0 Å². The minimum atomic E-state index is -0.945. The first-order chi connectivity index (χ1) is 9.90. The van der Waals surface area contributed by atoms with Crippen LogP contribution in [0.3, 0.4) is 0 Å². The highest BCUT2D eigenvalue weighted by Gasteiger charge is 2.14. The second-order valence-corrected chi connectivity index (χ2v) is 5.32. The molecule has 0 bridgehead atoms. The number of benzene rings is 2. The number of halogens is 4. The molecule has 21 heavy (non-hydrogen) atoms. The van der Waals surface area contributed by atoms with E-state index in [1.165, 1.54) is 25.1 Å². The standard InChI is InChI=1S/C15H12BrF3O2/c1-8(20)10-3-2-9(6-14(10)18)21-7-11-13(17)5-4-12(16)15(11)19/h2-6,8,20H,7H2,1H3/t8-/m0/s1. The van der Waals surface area contributed by atoms with Crippen LogP contribution in [0.25, 0.3) is 0 Å². The normalized spacial score (nSPS) is 12.3. The summed E-state index contributed by atoms with van der Waals surface area (Å²) >= 11 is 2.96. The molecule has 2 nitrogen and oxygen atoms in total. The first-order valence-corrected chi connectivity index (χ1v) is 6.92. The van der Waals surface area contributed by atoms with Crippen molar-refractivity contribution in [1.29, 1.82) is 0 Å². The highest BCUT2D eigenvalue weighted by molar-refractivity contribution is 9.10. The van der Waals surface area contributed by atoms with E-state index in [0.29, 0.717) is 0 Å². The topological polar surface area (TPSA) is 29.5 Å². The summed E-state index contributed by atoms with van der Waals surface area (Å²) in [6.45, 7) is 1.07. The van der Waals surface area contributed by atoms with Gasteiger partial charge in [-0.15, -0.1) is 0 Å². The van der Waals surface area contributed by atoms with E-state index < -0.39 is 23.6 Å². The van der Waals surface area contributed by atoms with Crippen LogP contribution in [0, 0.1) is 17.5 Å². The highest BCUT2D eigenvalue weighted by atomic mass is 79.9. The molecule has 0 fully saturated rings. The van der Waals surface area contributed by atoms with E-state index >= 15 is 0 Å². The van der Waals surface area contributed by atoms with Crippen molar-refractivity contribution in [3.8, 4) is 5.75 Å². The van der Waals surface area contributed by atoms with Crippen molar-refractivity contribution in [3.63, 3.8) is 0 Å². The number of aliphatic hydroxyl groups excluding tert-OH is 1. The number of ether oxygens (including phenoxy) is 1. The van der Waals surface area contributed by atoms with Gasteiger partial charge in [-0.2, -0.15) is 0 Å². The molecular weight excluding hydrogens is 349 g/mol. The van der Waals surface area contributed by atoms with Crippen LogP contribution in [-0.2, 0) is 6.61 Å². The van der Waals surface area contributed by atoms with Gasteiger partial charge in [0.05, 0.1) is 16.1 Å². The zero-order valence-electron chi connectivity index (χ0n) is 11.0. The van der Waals surface area contributed by atoms with Gasteiger partial charge in [-0.3, -0.25) is 0 Å². The molecule has 2 aromatic carbocycles. The lowest BCUT2D eigenvalue weighted by Gasteiger charge is -2.11. The van der Waals surface area contributed by atoms with Crippen LogP contribution in [0.1, 0.15) is 24.2 Å². The molecule has 0 radical (unpaired) electrons. The molecule has 0 aliphatic rings. The molecule has 0 unspecified atom stereocenters. The summed E-state index contributed by atoms with van der Waals surface area (Å²) in [6.07, 6.45) is -0.945. The molecule has 2 rings (SSSR count). The summed E-state index contributed by atoms with van der Waals surface area (Å²) in [5.41, 5.74) is -0.119. The second-order valence-electron chi connectivity index (χ2n) is 4.47. The fourth-order valence-corrected chi connectivity index (χ4v) is 2.16. The molecule has 0 spiro atoms. The van der Waals surface area contributed by atoms with Crippen LogP contribution in [0.5, 0.6) is 5.75 Å². The number of hydrogen-bond donors (Lipinski definition) is 1. The Labute approximate surface area is 128 Å². The minimum absolute atomic E-state index is 0.121. The van der Waals surface area contributed by atoms with Gasteiger partial charge in [0.2, 0.25) is 0 Å². The molecule has 0 aromatic heterocycles. The largest absolute Gasteiger partial charge is 0.489 e. The molecule has 112 valence electrons. The zero-order valence-corrected chi connectivity index (χ0v) is 12.6. The average Bonchev–Trinajstić information content (AvgIpc) is 2.43. The van der Waals surface area contributed by atoms with E-state index in [2.05, 4.69) is 15.9 Å². The van der Waals surface area contributed by atoms with Crippen LogP contribution in [0.15, 0.2) is 34.8 Å². The molecule has 0 amide bonds. The molecule has 0 heterocycles. The lowest BCUT2D eigenvalue weighted by molar-refractivity contribution is 0.193. The molecule has 0 saturated heterocycles. The van der Waals surface area contributed by atoms with Crippen LogP contribution in [0.2, 0.25) is 0 Å². The molecule has 1 N–H and O–H groups in total. The van der Waals surface area contributed by atoms with Crippen molar-refractivity contribution in [3.05, 3.63) is 63.4 Å². The van der Waals surface area contributed by atoms with Crippen molar-refractivity contribution >= 4 is 15.9 Å². The SMILES string of the molecule is C[C@H](O)c1ccc(OCc2c(F)ccc(Br)c2F)cc1F. The molecule has 2 aromatic rings. The van der Waals surface area contributed by atoms with Crippen molar-refractivity contribution < 1.29 is 23.0 Å². The van der Waals surface area contributed by atoms with Gasteiger partial charge in [0.25, 0.3) is 0 Å². The van der Waals surface area contributed by atoms with E-state index in [4.69, 9.17) is 4.74 Å². The molecule has 0 saturated carbocycles. The Bertz CT molecular complexity index is 660. The summed E-state index contributed by atoms with van der Waals surface area (Å²) in [7, 11) is 0. The molecule has 1 atom stereocenters. The fraction of sp³-hybridized carbons (Fsp3) is 0.200. The second kappa shape index (κ2) is 6.49. The third kappa shape index (κ3) is 3.57. The fourth-order valence-electron chi connectivity index (χ4n) is 1.79. The van der Waals surface area contributed by atoms with E-state index in [0.717, 1.165) is 12.1 Å². The highest BCUT2D eigenvalue weighted by Crippen LogP contribution is 2.25. The quantitative estimate of drug-likeness (QED) is 0.813. The number of aliphatic hydroxyl groups is 1. The smallest absolute Gasteiger partial charge is 0.146 e. The number of rotatable bonds is 4. The van der Waals surface area contributed by atoms with E-state index in [9.17, 15) is 18.3 Å². The monoisotopic (exact) mass is 360 g/mol. The third-order valence-corrected chi connectivity index (χ3v) is 3.56. The Morgan fingerprint density at radius 3 is 2.48 bits per heavy atom. The van der Waals surface area contributed by atoms with Crippen LogP contribution < -0.4 is 4.74 Å². The van der Waals surface area contributed by atoms with E-state index in [-0.39, 0.29) is 28.0 Å². The molecule has 6 heteroatoms. The Balaban J connectivity index is 2.18. The van der Waals surface area contributed by atoms with Crippen molar-refractivity contribution in [2.24, 2.45) is 0 Å². The third-order valence-electron chi connectivity index (χ3n) is 2.94. The van der Waals surface area contributed by atoms with Crippen LogP contribution in [-0.4, -0.2) is 5.11 Å². The van der Waals surface area contributed by atoms with Gasteiger partial charge in [0, 0.05) is 11.6 Å². The lowest BCUT2D eigenvalue weighted by Crippen LogP contribution is -2.03. The average molecular weight is 361 g/mol. The predicted molar refractivity (Wildman–Crippen MR) is 75.4 cm³/mol. The van der Waals surface area contributed by atoms with Crippen molar-refractivity contribution in [1.82, 2.24) is 0 Å². The summed E-state index contributed by atoms with van der Waals surface area (Å²) in [5, 5.41) is 9.32. The lowest BCUT2D eigenvalue weighted by atomic mass is 10.1. The van der Waals surface area contributed by atoms with Crippen LogP contribution in [0.4, 0.5) is 13.2 Å². The van der Waals surface area contributed by atoms with Gasteiger partial charge in [0.1, 0.15) is 29.8 Å². The van der Waals surface area contributed by atoms with Crippen molar-refractivity contribution in [2.45, 2.75) is 19.6 Å². The van der Waals surface area contributed by atoms with Gasteiger partial charge < -0.3 is 9.84 Å². The zero-order chi connectivity index (χ0) is 15.6. The maximum Gasteiger partial charge on any atom is 0.146 e. The maximum absolute atomic E-state index is 13.7. The Kier molecular flexibility index (Phi) is 4.90. The summed E-state index contributed by atoms with van der Waals surface area (Å²) < 4.78 is 46.3. The summed E-state index contributed by atoms with van der Waals surface area (Å²) in [4.78, 5) is 0. The first kappa shape index (κ1) is 15.9. The first-order valence-electron chi connectivity index (χ1n) is 6.13. The summed E-state index contributed by atoms with van der Waals surface area (Å²) in [5.74, 6) is -2.01. The molecular formula is C15H12BrF3O2. The van der Waals surface area contributed by atoms with Gasteiger partial charge in [-0.05, 0) is 47.1 Å². The summed E-state index contributed by atoms with van der Waals surface area (Å²) in [6, 6.07) is 6.23. The Morgan fingerprint density at radius 2 is 1.86 bits per heavy atom. The van der Waals surface area contributed by atoms with E-state index in [1.807, 2.05) is 0 Å². The van der Waals surface area contributed by atoms with E-state index in [1.54, 1.807) is 0 Å². The van der Waals surface area contributed by atoms with Gasteiger partial charge >= 0.3 is 0 Å². The Morgan fingerprint density at radius 1 is 1.14 bits per heavy atom. The molecule has 0 aliphatic carbocycles. The predicted octanol–water partition coefficient (Wildman–Crippen LogP) is 4.50.